The fourth-order valence-corrected chi connectivity index (χ4v) is 1.98. The standard InChI is InChI=1S/C13H13BrN2O2/c1-2-16-8-7-9(12(16)15)13(17)18-11-6-4-3-5-10(11)14/h3-8H,2,15H2,1H3. The molecule has 0 unspecified atom stereocenters. The maximum atomic E-state index is 12.0. The van der Waals surface area contributed by atoms with E-state index >= 15 is 0 Å². The molecule has 1 heterocycles. The Bertz CT molecular complexity index is 578. The van der Waals surface area contributed by atoms with E-state index < -0.39 is 5.97 Å². The Balaban J connectivity index is 2.22. The van der Waals surface area contributed by atoms with E-state index in [0.717, 1.165) is 4.47 Å². The topological polar surface area (TPSA) is 57.2 Å². The van der Waals surface area contributed by atoms with Gasteiger partial charge in [0.05, 0.1) is 4.47 Å². The quantitative estimate of drug-likeness (QED) is 0.700. The van der Waals surface area contributed by atoms with Crippen molar-refractivity contribution >= 4 is 27.7 Å². The third-order valence-electron chi connectivity index (χ3n) is 2.61. The number of esters is 1. The van der Waals surface area contributed by atoms with Gasteiger partial charge in [0.2, 0.25) is 0 Å². The smallest absolute Gasteiger partial charge is 0.347 e. The predicted molar refractivity (Wildman–Crippen MR) is 73.6 cm³/mol. The molecule has 5 heteroatoms. The minimum Gasteiger partial charge on any atom is -0.422 e. The number of para-hydroxylation sites is 1. The number of nitrogen functional groups attached to an aromatic ring is 1. The first-order valence-electron chi connectivity index (χ1n) is 5.54. The fourth-order valence-electron chi connectivity index (χ4n) is 1.62. The predicted octanol–water partition coefficient (Wildman–Crippen LogP) is 3.07. The number of carbonyl (C=O) groups is 1. The van der Waals surface area contributed by atoms with Crippen molar-refractivity contribution in [3.05, 3.63) is 46.6 Å². The Morgan fingerprint density at radius 3 is 2.72 bits per heavy atom. The lowest BCUT2D eigenvalue weighted by molar-refractivity contribution is 0.0734. The van der Waals surface area contributed by atoms with Crippen LogP contribution in [0.25, 0.3) is 0 Å². The summed E-state index contributed by atoms with van der Waals surface area (Å²) in [7, 11) is 0. The molecule has 94 valence electrons. The number of ether oxygens (including phenoxy) is 1. The number of aromatic nitrogens is 1. The molecule has 0 aliphatic rings. The van der Waals surface area contributed by atoms with Crippen molar-refractivity contribution in [1.82, 2.24) is 4.57 Å². The summed E-state index contributed by atoms with van der Waals surface area (Å²) in [5, 5.41) is 0. The van der Waals surface area contributed by atoms with E-state index in [2.05, 4.69) is 15.9 Å². The van der Waals surface area contributed by atoms with E-state index in [4.69, 9.17) is 10.5 Å². The van der Waals surface area contributed by atoms with Crippen LogP contribution in [0.5, 0.6) is 5.75 Å². The number of aryl methyl sites for hydroxylation is 1. The molecule has 18 heavy (non-hydrogen) atoms. The van der Waals surface area contributed by atoms with Crippen molar-refractivity contribution in [2.24, 2.45) is 0 Å². The molecule has 1 aromatic carbocycles. The van der Waals surface area contributed by atoms with Crippen LogP contribution >= 0.6 is 15.9 Å². The summed E-state index contributed by atoms with van der Waals surface area (Å²) < 4.78 is 7.81. The first-order chi connectivity index (χ1) is 8.63. The second kappa shape index (κ2) is 5.27. The Labute approximate surface area is 113 Å². The molecule has 0 atom stereocenters. The van der Waals surface area contributed by atoms with Crippen LogP contribution in [-0.4, -0.2) is 10.5 Å². The van der Waals surface area contributed by atoms with E-state index in [-0.39, 0.29) is 0 Å². The second-order valence-corrected chi connectivity index (χ2v) is 4.57. The summed E-state index contributed by atoms with van der Waals surface area (Å²) in [6.45, 7) is 2.67. The monoisotopic (exact) mass is 308 g/mol. The van der Waals surface area contributed by atoms with Gasteiger partial charge in [-0.1, -0.05) is 12.1 Å². The van der Waals surface area contributed by atoms with Crippen molar-refractivity contribution in [2.45, 2.75) is 13.5 Å². The molecule has 0 spiro atoms. The van der Waals surface area contributed by atoms with E-state index in [1.165, 1.54) is 0 Å². The van der Waals surface area contributed by atoms with Gasteiger partial charge in [0.15, 0.2) is 0 Å². The zero-order valence-corrected chi connectivity index (χ0v) is 11.5. The molecular formula is C13H13BrN2O2. The van der Waals surface area contributed by atoms with E-state index in [1.807, 2.05) is 19.1 Å². The lowest BCUT2D eigenvalue weighted by Gasteiger charge is -2.06. The molecule has 4 nitrogen and oxygen atoms in total. The zero-order chi connectivity index (χ0) is 13.1. The highest BCUT2D eigenvalue weighted by Crippen LogP contribution is 2.25. The molecule has 0 saturated heterocycles. The van der Waals surface area contributed by atoms with Crippen LogP contribution in [0.4, 0.5) is 5.82 Å². The lowest BCUT2D eigenvalue weighted by atomic mass is 10.3. The molecule has 0 amide bonds. The number of carbonyl (C=O) groups excluding carboxylic acids is 1. The van der Waals surface area contributed by atoms with Gasteiger partial charge in [-0.25, -0.2) is 4.79 Å². The summed E-state index contributed by atoms with van der Waals surface area (Å²) in [5.74, 6) is 0.451. The number of nitrogens with zero attached hydrogens (tertiary/aromatic N) is 1. The molecule has 2 aromatic rings. The van der Waals surface area contributed by atoms with Crippen molar-refractivity contribution in [1.29, 1.82) is 0 Å². The van der Waals surface area contributed by atoms with Crippen LogP contribution in [0, 0.1) is 0 Å². The van der Waals surface area contributed by atoms with Gasteiger partial charge in [0, 0.05) is 12.7 Å². The fraction of sp³-hybridized carbons (Fsp3) is 0.154. The van der Waals surface area contributed by atoms with E-state index in [1.54, 1.807) is 29.0 Å². The van der Waals surface area contributed by atoms with Gasteiger partial charge in [-0.05, 0) is 41.1 Å². The van der Waals surface area contributed by atoms with Crippen molar-refractivity contribution < 1.29 is 9.53 Å². The maximum absolute atomic E-state index is 12.0. The summed E-state index contributed by atoms with van der Waals surface area (Å²) in [5.41, 5.74) is 6.24. The highest BCUT2D eigenvalue weighted by molar-refractivity contribution is 9.10. The third kappa shape index (κ3) is 2.41. The Morgan fingerprint density at radius 2 is 2.11 bits per heavy atom. The number of rotatable bonds is 3. The first kappa shape index (κ1) is 12.7. The third-order valence-corrected chi connectivity index (χ3v) is 3.26. The van der Waals surface area contributed by atoms with Crippen LogP contribution in [-0.2, 0) is 6.54 Å². The SMILES string of the molecule is CCn1ccc(C(=O)Oc2ccccc2Br)c1N. The summed E-state index contributed by atoms with van der Waals surface area (Å²) in [6, 6.07) is 8.84. The number of hydrogen-bond acceptors (Lipinski definition) is 3. The highest BCUT2D eigenvalue weighted by atomic mass is 79.9. The van der Waals surface area contributed by atoms with Gasteiger partial charge < -0.3 is 15.0 Å². The van der Waals surface area contributed by atoms with Crippen molar-refractivity contribution in [2.75, 3.05) is 5.73 Å². The minimum atomic E-state index is -0.452. The number of nitrogens with two attached hydrogens (primary N) is 1. The molecule has 1 aromatic heterocycles. The van der Waals surface area contributed by atoms with Crippen LogP contribution in [0.2, 0.25) is 0 Å². The lowest BCUT2D eigenvalue weighted by Crippen LogP contribution is -2.11. The summed E-state index contributed by atoms with van der Waals surface area (Å²) >= 11 is 3.32. The highest BCUT2D eigenvalue weighted by Gasteiger charge is 2.16. The van der Waals surface area contributed by atoms with Gasteiger partial charge in [0.1, 0.15) is 17.1 Å². The zero-order valence-electron chi connectivity index (χ0n) is 9.89. The molecule has 0 fully saturated rings. The number of anilines is 1. The van der Waals surface area contributed by atoms with E-state index in [0.29, 0.717) is 23.7 Å². The van der Waals surface area contributed by atoms with E-state index in [9.17, 15) is 4.79 Å². The van der Waals surface area contributed by atoms with Gasteiger partial charge in [-0.3, -0.25) is 0 Å². The van der Waals surface area contributed by atoms with Crippen LogP contribution in [0.15, 0.2) is 41.0 Å². The first-order valence-corrected chi connectivity index (χ1v) is 6.34. The van der Waals surface area contributed by atoms with Crippen LogP contribution in [0.3, 0.4) is 0 Å². The molecule has 0 radical (unpaired) electrons. The average molecular weight is 309 g/mol. The Hall–Kier alpha value is -1.75. The number of benzene rings is 1. The number of hydrogen-bond donors (Lipinski definition) is 1. The summed E-state index contributed by atoms with van der Waals surface area (Å²) in [6.07, 6.45) is 1.77. The van der Waals surface area contributed by atoms with Crippen LogP contribution < -0.4 is 10.5 Å². The largest absolute Gasteiger partial charge is 0.422 e. The minimum absolute atomic E-state index is 0.382. The van der Waals surface area contributed by atoms with Crippen LogP contribution in [0.1, 0.15) is 17.3 Å². The molecule has 2 N–H and O–H groups in total. The van der Waals surface area contributed by atoms with Gasteiger partial charge in [0.25, 0.3) is 0 Å². The maximum Gasteiger partial charge on any atom is 0.347 e. The molecule has 0 aliphatic carbocycles. The molecule has 0 bridgehead atoms. The second-order valence-electron chi connectivity index (χ2n) is 3.72. The van der Waals surface area contributed by atoms with Gasteiger partial charge in [-0.15, -0.1) is 0 Å². The molecule has 0 aliphatic heterocycles. The Morgan fingerprint density at radius 1 is 1.39 bits per heavy atom. The normalized spacial score (nSPS) is 10.3. The molecular weight excluding hydrogens is 296 g/mol. The number of halogens is 1. The average Bonchev–Trinajstić information content (AvgIpc) is 2.73. The van der Waals surface area contributed by atoms with Gasteiger partial charge >= 0.3 is 5.97 Å². The molecule has 0 saturated carbocycles. The van der Waals surface area contributed by atoms with Crippen molar-refractivity contribution in [3.63, 3.8) is 0 Å². The van der Waals surface area contributed by atoms with Crippen molar-refractivity contribution in [3.8, 4) is 5.75 Å². The molecule has 2 rings (SSSR count). The summed E-state index contributed by atoms with van der Waals surface area (Å²) in [4.78, 5) is 12.0. The Kier molecular flexibility index (Phi) is 3.72. The van der Waals surface area contributed by atoms with Gasteiger partial charge in [-0.2, -0.15) is 0 Å².